The van der Waals surface area contributed by atoms with E-state index in [9.17, 15) is 13.6 Å². The number of aromatic amines is 1. The third-order valence-electron chi connectivity index (χ3n) is 7.79. The van der Waals surface area contributed by atoms with Crippen molar-refractivity contribution >= 4 is 16.8 Å². The minimum atomic E-state index is -0.555. The first-order valence-corrected chi connectivity index (χ1v) is 12.2. The van der Waals surface area contributed by atoms with E-state index in [1.807, 2.05) is 6.07 Å². The standard InChI is InChI=1S/C27H29F2N3O2/c28-17-4-8-25-21(10-17)20-9-16(3-7-24(20)31-25)13-32(12-15-1-2-15)18-11-22-19(27(30)33)5-6-23(29)26(22)34-14-18/h4-6,8,10,15-16,18,31H,1-3,7,9,11-14H2,(H2,30,33)/t16-,18+/m0/s1. The zero-order valence-electron chi connectivity index (χ0n) is 19.1. The highest BCUT2D eigenvalue weighted by Crippen LogP contribution is 2.37. The zero-order chi connectivity index (χ0) is 23.4. The first-order chi connectivity index (χ1) is 16.5. The minimum absolute atomic E-state index is 0.0646. The molecule has 0 bridgehead atoms. The van der Waals surface area contributed by atoms with Crippen LogP contribution in [-0.4, -0.2) is 41.5 Å². The molecule has 6 rings (SSSR count). The summed E-state index contributed by atoms with van der Waals surface area (Å²) < 4.78 is 34.2. The Labute approximate surface area is 197 Å². The first-order valence-electron chi connectivity index (χ1n) is 12.2. The van der Waals surface area contributed by atoms with Crippen LogP contribution < -0.4 is 10.5 Å². The van der Waals surface area contributed by atoms with E-state index in [0.717, 1.165) is 43.3 Å². The molecule has 2 atom stereocenters. The largest absolute Gasteiger partial charge is 0.489 e. The van der Waals surface area contributed by atoms with Crippen molar-refractivity contribution in [3.05, 3.63) is 64.4 Å². The molecular formula is C27H29F2N3O2. The molecule has 1 amide bonds. The summed E-state index contributed by atoms with van der Waals surface area (Å²) in [4.78, 5) is 18.0. The number of hydrogen-bond acceptors (Lipinski definition) is 3. The smallest absolute Gasteiger partial charge is 0.249 e. The van der Waals surface area contributed by atoms with Crippen molar-refractivity contribution < 1.29 is 18.3 Å². The predicted octanol–water partition coefficient (Wildman–Crippen LogP) is 4.37. The maximum absolute atomic E-state index is 14.4. The molecule has 0 unspecified atom stereocenters. The van der Waals surface area contributed by atoms with Gasteiger partial charge in [-0.25, -0.2) is 8.78 Å². The Kier molecular flexibility index (Phi) is 5.32. The van der Waals surface area contributed by atoms with E-state index < -0.39 is 11.7 Å². The number of carbonyl (C=O) groups excluding carboxylic acids is 1. The van der Waals surface area contributed by atoms with Gasteiger partial charge in [0.2, 0.25) is 5.91 Å². The van der Waals surface area contributed by atoms with Gasteiger partial charge in [0.1, 0.15) is 12.4 Å². The van der Waals surface area contributed by atoms with E-state index in [1.54, 1.807) is 6.07 Å². The lowest BCUT2D eigenvalue weighted by molar-refractivity contribution is 0.0910. The molecule has 0 radical (unpaired) electrons. The average Bonchev–Trinajstić information content (AvgIpc) is 3.57. The summed E-state index contributed by atoms with van der Waals surface area (Å²) in [5.74, 6) is 0.0902. The highest BCUT2D eigenvalue weighted by molar-refractivity contribution is 5.95. The van der Waals surface area contributed by atoms with Crippen molar-refractivity contribution in [2.45, 2.75) is 44.6 Å². The van der Waals surface area contributed by atoms with Gasteiger partial charge in [-0.15, -0.1) is 0 Å². The molecule has 2 aliphatic carbocycles. The van der Waals surface area contributed by atoms with E-state index in [4.69, 9.17) is 10.5 Å². The normalized spacial score (nSPS) is 21.9. The molecule has 3 aliphatic rings. The summed E-state index contributed by atoms with van der Waals surface area (Å²) in [5, 5.41) is 0.991. The second-order valence-corrected chi connectivity index (χ2v) is 10.2. The third kappa shape index (κ3) is 3.96. The molecular weight excluding hydrogens is 436 g/mol. The van der Waals surface area contributed by atoms with Gasteiger partial charge in [-0.3, -0.25) is 9.69 Å². The Morgan fingerprint density at radius 2 is 1.88 bits per heavy atom. The fourth-order valence-electron chi connectivity index (χ4n) is 5.85. The van der Waals surface area contributed by atoms with Crippen LogP contribution in [0.1, 0.15) is 46.4 Å². The molecule has 1 fully saturated rings. The molecule has 3 N–H and O–H groups in total. The van der Waals surface area contributed by atoms with Gasteiger partial charge in [-0.1, -0.05) is 0 Å². The second-order valence-electron chi connectivity index (χ2n) is 10.2. The van der Waals surface area contributed by atoms with E-state index in [-0.39, 0.29) is 17.6 Å². The fourth-order valence-corrected chi connectivity index (χ4v) is 5.85. The van der Waals surface area contributed by atoms with Crippen molar-refractivity contribution in [3.63, 3.8) is 0 Å². The van der Waals surface area contributed by atoms with Crippen molar-refractivity contribution in [1.29, 1.82) is 0 Å². The van der Waals surface area contributed by atoms with Gasteiger partial charge in [0, 0.05) is 46.9 Å². The summed E-state index contributed by atoms with van der Waals surface area (Å²) in [6, 6.07) is 7.75. The number of ether oxygens (including phenoxy) is 1. The molecule has 34 heavy (non-hydrogen) atoms. The van der Waals surface area contributed by atoms with Gasteiger partial charge in [0.05, 0.1) is 0 Å². The lowest BCUT2D eigenvalue weighted by Crippen LogP contribution is -2.47. The van der Waals surface area contributed by atoms with Crippen LogP contribution in [0, 0.1) is 23.5 Å². The number of nitrogens with zero attached hydrogens (tertiary/aromatic N) is 1. The van der Waals surface area contributed by atoms with E-state index in [0.29, 0.717) is 36.0 Å². The molecule has 1 aliphatic heterocycles. The number of aromatic nitrogens is 1. The Hall–Kier alpha value is -2.93. The number of halogens is 2. The number of carbonyl (C=O) groups is 1. The summed E-state index contributed by atoms with van der Waals surface area (Å²) in [5.41, 5.74) is 9.97. The Morgan fingerprint density at radius 1 is 1.06 bits per heavy atom. The van der Waals surface area contributed by atoms with Crippen molar-refractivity contribution in [2.24, 2.45) is 17.6 Å². The van der Waals surface area contributed by atoms with Crippen LogP contribution in [0.5, 0.6) is 5.75 Å². The van der Waals surface area contributed by atoms with Crippen LogP contribution in [0.2, 0.25) is 0 Å². The van der Waals surface area contributed by atoms with Crippen LogP contribution in [0.15, 0.2) is 30.3 Å². The second kappa shape index (κ2) is 8.38. The van der Waals surface area contributed by atoms with Gasteiger partial charge < -0.3 is 15.5 Å². The number of hydrogen-bond donors (Lipinski definition) is 2. The van der Waals surface area contributed by atoms with E-state index >= 15 is 0 Å². The number of nitrogens with two attached hydrogens (primary N) is 1. The number of nitrogens with one attached hydrogen (secondary N) is 1. The number of amides is 1. The highest BCUT2D eigenvalue weighted by Gasteiger charge is 2.35. The van der Waals surface area contributed by atoms with Crippen LogP contribution in [0.25, 0.3) is 10.9 Å². The van der Waals surface area contributed by atoms with Crippen molar-refractivity contribution in [3.8, 4) is 5.75 Å². The summed E-state index contributed by atoms with van der Waals surface area (Å²) in [6.45, 7) is 2.29. The Balaban J connectivity index is 1.25. The predicted molar refractivity (Wildman–Crippen MR) is 126 cm³/mol. The monoisotopic (exact) mass is 465 g/mol. The maximum Gasteiger partial charge on any atom is 0.249 e. The third-order valence-corrected chi connectivity index (χ3v) is 7.79. The molecule has 1 saturated carbocycles. The number of H-pyrrole nitrogens is 1. The Bertz CT molecular complexity index is 1270. The maximum atomic E-state index is 14.4. The number of rotatable bonds is 6. The fraction of sp³-hybridized carbons (Fsp3) is 0.444. The quantitative estimate of drug-likeness (QED) is 0.568. The van der Waals surface area contributed by atoms with Gasteiger partial charge in [0.25, 0.3) is 0 Å². The van der Waals surface area contributed by atoms with Gasteiger partial charge in [-0.05, 0) is 86.3 Å². The van der Waals surface area contributed by atoms with Gasteiger partial charge in [0.15, 0.2) is 11.6 Å². The van der Waals surface area contributed by atoms with Crippen LogP contribution in [0.3, 0.4) is 0 Å². The Morgan fingerprint density at radius 3 is 2.68 bits per heavy atom. The molecule has 0 spiro atoms. The highest BCUT2D eigenvalue weighted by atomic mass is 19.1. The molecule has 178 valence electrons. The van der Waals surface area contributed by atoms with Gasteiger partial charge >= 0.3 is 0 Å². The molecule has 0 saturated heterocycles. The number of fused-ring (bicyclic) bond motifs is 4. The van der Waals surface area contributed by atoms with Crippen LogP contribution in [0.4, 0.5) is 8.78 Å². The van der Waals surface area contributed by atoms with Crippen LogP contribution in [-0.2, 0) is 19.3 Å². The molecule has 5 nitrogen and oxygen atoms in total. The molecule has 3 aromatic rings. The van der Waals surface area contributed by atoms with Gasteiger partial charge in [-0.2, -0.15) is 0 Å². The minimum Gasteiger partial charge on any atom is -0.489 e. The average molecular weight is 466 g/mol. The number of primary amides is 1. The van der Waals surface area contributed by atoms with E-state index in [2.05, 4.69) is 9.88 Å². The molecule has 1 aromatic heterocycles. The topological polar surface area (TPSA) is 71.4 Å². The molecule has 2 heterocycles. The lowest BCUT2D eigenvalue weighted by atomic mass is 9.85. The summed E-state index contributed by atoms with van der Waals surface area (Å²) in [7, 11) is 0. The summed E-state index contributed by atoms with van der Waals surface area (Å²) >= 11 is 0. The number of aryl methyl sites for hydroxylation is 1. The SMILES string of the molecule is NC(=O)c1ccc(F)c2c1C[C@@H](N(CC1CC1)C[C@H]1CCc3[nH]c4ccc(F)cc4c3C1)CO2. The first kappa shape index (κ1) is 21.6. The number of benzene rings is 2. The molecule has 2 aromatic carbocycles. The molecule has 7 heteroatoms. The van der Waals surface area contributed by atoms with E-state index in [1.165, 1.54) is 42.3 Å². The lowest BCUT2D eigenvalue weighted by Gasteiger charge is -2.38. The zero-order valence-corrected chi connectivity index (χ0v) is 19.1. The van der Waals surface area contributed by atoms with Crippen molar-refractivity contribution in [2.75, 3.05) is 19.7 Å². The van der Waals surface area contributed by atoms with Crippen LogP contribution >= 0.6 is 0 Å². The van der Waals surface area contributed by atoms with Crippen molar-refractivity contribution in [1.82, 2.24) is 9.88 Å². The summed E-state index contributed by atoms with van der Waals surface area (Å²) in [6.07, 6.45) is 5.94.